The number of amides is 1. The molecule has 4 rings (SSSR count). The molecule has 0 fully saturated rings. The molecule has 1 N–H and O–H groups in total. The summed E-state index contributed by atoms with van der Waals surface area (Å²) in [6.45, 7) is 9.23. The summed E-state index contributed by atoms with van der Waals surface area (Å²) >= 11 is 0. The van der Waals surface area contributed by atoms with Gasteiger partial charge in [0.2, 0.25) is 5.75 Å². The number of nitrogens with zero attached hydrogens (tertiary/aromatic N) is 3. The van der Waals surface area contributed by atoms with Crippen LogP contribution < -0.4 is 19.6 Å². The van der Waals surface area contributed by atoms with Gasteiger partial charge in [0, 0.05) is 28.7 Å². The van der Waals surface area contributed by atoms with Crippen molar-refractivity contribution in [3.05, 3.63) is 99.2 Å². The van der Waals surface area contributed by atoms with Crippen LogP contribution in [-0.2, 0) is 16.1 Å². The summed E-state index contributed by atoms with van der Waals surface area (Å²) in [5.74, 6) is -0.454. The Morgan fingerprint density at radius 3 is 2.38 bits per heavy atom. The molecule has 4 aromatic rings. The molecule has 45 heavy (non-hydrogen) atoms. The van der Waals surface area contributed by atoms with E-state index in [1.165, 1.54) is 31.3 Å². The van der Waals surface area contributed by atoms with E-state index >= 15 is 0 Å². The number of benzene rings is 2. The molecule has 13 nitrogen and oxygen atoms in total. The Hall–Kier alpha value is -5.59. The summed E-state index contributed by atoms with van der Waals surface area (Å²) in [7, 11) is 0. The minimum Gasteiger partial charge on any atom is -0.490 e. The minimum atomic E-state index is -1.12. The van der Waals surface area contributed by atoms with Crippen LogP contribution >= 0.6 is 0 Å². The summed E-state index contributed by atoms with van der Waals surface area (Å²) in [5.41, 5.74) is 5.41. The minimum absolute atomic E-state index is 0.00246. The molecular formula is C32H34N4O9. The van der Waals surface area contributed by atoms with Gasteiger partial charge in [-0.2, -0.15) is 5.10 Å². The number of rotatable bonds is 14. The summed E-state index contributed by atoms with van der Waals surface area (Å²) in [4.78, 5) is 35.8. The standard InChI is InChI=1S/C32H34N4O9/c1-6-41-29-17-23(16-27(36(39)40)30(29)44-22(5)32(38)42-7-2)18-33-34-31(37)28-15-14-26(45-28)19-43-25-12-10-24(11-13-25)35-20(3)8-9-21(35)4/h8-18,22H,6-7,19H2,1-5H3,(H,34,37)/b33-18+/t22-/m1/s1. The second kappa shape index (κ2) is 14.7. The Morgan fingerprint density at radius 1 is 1.02 bits per heavy atom. The van der Waals surface area contributed by atoms with Gasteiger partial charge in [-0.25, -0.2) is 10.2 Å². The largest absolute Gasteiger partial charge is 0.490 e. The third-order valence-electron chi connectivity index (χ3n) is 6.48. The maximum absolute atomic E-state index is 12.6. The first kappa shape index (κ1) is 32.3. The van der Waals surface area contributed by atoms with E-state index < -0.39 is 28.6 Å². The van der Waals surface area contributed by atoms with Crippen molar-refractivity contribution in [1.29, 1.82) is 0 Å². The van der Waals surface area contributed by atoms with Crippen molar-refractivity contribution in [2.75, 3.05) is 13.2 Å². The molecule has 2 aromatic heterocycles. The zero-order valence-corrected chi connectivity index (χ0v) is 25.6. The van der Waals surface area contributed by atoms with Crippen LogP contribution in [0.3, 0.4) is 0 Å². The van der Waals surface area contributed by atoms with Gasteiger partial charge in [-0.05, 0) is 89.2 Å². The average molecular weight is 619 g/mol. The number of esters is 1. The number of aryl methyl sites for hydroxylation is 2. The lowest BCUT2D eigenvalue weighted by Gasteiger charge is -2.16. The van der Waals surface area contributed by atoms with E-state index in [0.29, 0.717) is 11.5 Å². The van der Waals surface area contributed by atoms with E-state index in [1.807, 2.05) is 38.1 Å². The normalized spacial score (nSPS) is 11.7. The maximum atomic E-state index is 12.6. The van der Waals surface area contributed by atoms with Gasteiger partial charge >= 0.3 is 17.6 Å². The van der Waals surface area contributed by atoms with Crippen molar-refractivity contribution < 1.29 is 37.9 Å². The second-order valence-electron chi connectivity index (χ2n) is 9.77. The van der Waals surface area contributed by atoms with Crippen LogP contribution in [0.5, 0.6) is 17.2 Å². The molecule has 1 amide bonds. The molecule has 0 saturated heterocycles. The Bertz CT molecular complexity index is 1670. The third-order valence-corrected chi connectivity index (χ3v) is 6.48. The van der Waals surface area contributed by atoms with Crippen molar-refractivity contribution in [2.24, 2.45) is 5.10 Å². The topological polar surface area (TPSA) is 157 Å². The molecular weight excluding hydrogens is 584 g/mol. The quantitative estimate of drug-likeness (QED) is 0.0814. The summed E-state index contributed by atoms with van der Waals surface area (Å²) in [6.07, 6.45) is 0.0915. The van der Waals surface area contributed by atoms with Crippen LogP contribution in [0.15, 0.2) is 70.2 Å². The molecule has 0 spiro atoms. The number of nitro benzene ring substituents is 1. The van der Waals surface area contributed by atoms with Crippen LogP contribution in [0.1, 0.15) is 54.0 Å². The van der Waals surface area contributed by atoms with Crippen LogP contribution in [0.25, 0.3) is 5.69 Å². The molecule has 2 heterocycles. The lowest BCUT2D eigenvalue weighted by Crippen LogP contribution is -2.26. The molecule has 0 aliphatic rings. The first-order chi connectivity index (χ1) is 21.6. The lowest BCUT2D eigenvalue weighted by molar-refractivity contribution is -0.386. The van der Waals surface area contributed by atoms with E-state index in [9.17, 15) is 19.7 Å². The van der Waals surface area contributed by atoms with Crippen LogP contribution in [0.2, 0.25) is 0 Å². The number of carbonyl (C=O) groups excluding carboxylic acids is 2. The monoisotopic (exact) mass is 618 g/mol. The SMILES string of the molecule is CCOC(=O)[C@@H](C)Oc1c(OCC)cc(/C=N/NC(=O)c2ccc(COc3ccc(-n4c(C)ccc4C)cc3)o2)cc1[N+](=O)[O-]. The van der Waals surface area contributed by atoms with E-state index in [-0.39, 0.29) is 42.6 Å². The van der Waals surface area contributed by atoms with Crippen molar-refractivity contribution in [3.63, 3.8) is 0 Å². The van der Waals surface area contributed by atoms with Crippen molar-refractivity contribution in [2.45, 2.75) is 47.3 Å². The lowest BCUT2D eigenvalue weighted by atomic mass is 10.1. The molecule has 0 saturated carbocycles. The highest BCUT2D eigenvalue weighted by Crippen LogP contribution is 2.39. The number of hydrogen-bond donors (Lipinski definition) is 1. The first-order valence-corrected chi connectivity index (χ1v) is 14.2. The number of nitrogens with one attached hydrogen (secondary N) is 1. The molecule has 13 heteroatoms. The van der Waals surface area contributed by atoms with Crippen molar-refractivity contribution in [3.8, 4) is 22.9 Å². The predicted molar refractivity (Wildman–Crippen MR) is 164 cm³/mol. The van der Waals surface area contributed by atoms with Crippen LogP contribution in [0.4, 0.5) is 5.69 Å². The number of aromatic nitrogens is 1. The van der Waals surface area contributed by atoms with Gasteiger partial charge in [-0.3, -0.25) is 14.9 Å². The van der Waals surface area contributed by atoms with E-state index in [1.54, 1.807) is 19.9 Å². The molecule has 0 unspecified atom stereocenters. The molecule has 0 aliphatic carbocycles. The number of nitro groups is 1. The van der Waals surface area contributed by atoms with Gasteiger partial charge in [0.05, 0.1) is 24.4 Å². The number of ether oxygens (including phenoxy) is 4. The van der Waals surface area contributed by atoms with E-state index in [4.69, 9.17) is 23.4 Å². The van der Waals surface area contributed by atoms with Gasteiger partial charge in [-0.1, -0.05) is 0 Å². The van der Waals surface area contributed by atoms with Crippen molar-refractivity contribution >= 4 is 23.8 Å². The second-order valence-corrected chi connectivity index (χ2v) is 9.77. The summed E-state index contributed by atoms with van der Waals surface area (Å²) in [6, 6.07) is 17.5. The van der Waals surface area contributed by atoms with E-state index in [2.05, 4.69) is 27.2 Å². The van der Waals surface area contributed by atoms with Gasteiger partial charge < -0.3 is 27.9 Å². The molecule has 0 bridgehead atoms. The number of hydrazone groups is 1. The highest BCUT2D eigenvalue weighted by Gasteiger charge is 2.27. The van der Waals surface area contributed by atoms with E-state index in [0.717, 1.165) is 17.1 Å². The predicted octanol–water partition coefficient (Wildman–Crippen LogP) is 5.67. The maximum Gasteiger partial charge on any atom is 0.347 e. The zero-order chi connectivity index (χ0) is 32.5. The highest BCUT2D eigenvalue weighted by atomic mass is 16.6. The van der Waals surface area contributed by atoms with Gasteiger partial charge in [-0.15, -0.1) is 0 Å². The Balaban J connectivity index is 1.38. The number of furan rings is 1. The third kappa shape index (κ3) is 8.07. The highest BCUT2D eigenvalue weighted by molar-refractivity contribution is 5.92. The summed E-state index contributed by atoms with van der Waals surface area (Å²) in [5, 5.41) is 15.7. The first-order valence-electron chi connectivity index (χ1n) is 14.2. The fourth-order valence-corrected chi connectivity index (χ4v) is 4.40. The number of carbonyl (C=O) groups is 2. The van der Waals surface area contributed by atoms with Gasteiger partial charge in [0.25, 0.3) is 0 Å². The smallest absolute Gasteiger partial charge is 0.347 e. The van der Waals surface area contributed by atoms with Crippen LogP contribution in [-0.4, -0.2) is 46.9 Å². The number of hydrogen-bond acceptors (Lipinski definition) is 10. The Morgan fingerprint density at radius 2 is 1.73 bits per heavy atom. The molecule has 1 atom stereocenters. The molecule has 2 aromatic carbocycles. The Labute approximate surface area is 259 Å². The van der Waals surface area contributed by atoms with Gasteiger partial charge in [0.15, 0.2) is 17.6 Å². The molecule has 0 radical (unpaired) electrons. The average Bonchev–Trinajstić information content (AvgIpc) is 3.63. The fourth-order valence-electron chi connectivity index (χ4n) is 4.40. The van der Waals surface area contributed by atoms with Crippen LogP contribution in [0, 0.1) is 24.0 Å². The van der Waals surface area contributed by atoms with Crippen molar-refractivity contribution in [1.82, 2.24) is 9.99 Å². The molecule has 0 aliphatic heterocycles. The zero-order valence-electron chi connectivity index (χ0n) is 25.6. The summed E-state index contributed by atoms with van der Waals surface area (Å²) < 4.78 is 29.6. The Kier molecular flexibility index (Phi) is 10.6. The molecule has 236 valence electrons. The fraction of sp³-hybridized carbons (Fsp3) is 0.281. The van der Waals surface area contributed by atoms with Gasteiger partial charge in [0.1, 0.15) is 18.1 Å².